The highest BCUT2D eigenvalue weighted by atomic mass is 16.5. The van der Waals surface area contributed by atoms with Gasteiger partial charge in [-0.1, -0.05) is 19.8 Å². The van der Waals surface area contributed by atoms with Crippen molar-refractivity contribution >= 4 is 11.9 Å². The molecule has 19 heavy (non-hydrogen) atoms. The molecule has 0 bridgehead atoms. The minimum Gasteiger partial charge on any atom is -0.469 e. The summed E-state index contributed by atoms with van der Waals surface area (Å²) >= 11 is 0. The lowest BCUT2D eigenvalue weighted by atomic mass is 9.99. The first-order valence-corrected chi connectivity index (χ1v) is 7.19. The van der Waals surface area contributed by atoms with Crippen LogP contribution in [0.25, 0.3) is 0 Å². The monoisotopic (exact) mass is 267 g/mol. The maximum atomic E-state index is 11.7. The number of hydrogen-bond acceptors (Lipinski definition) is 3. The van der Waals surface area contributed by atoms with E-state index in [0.717, 1.165) is 25.0 Å². The second-order valence-electron chi connectivity index (χ2n) is 5.72. The van der Waals surface area contributed by atoms with Crippen LogP contribution in [0.3, 0.4) is 0 Å². The summed E-state index contributed by atoms with van der Waals surface area (Å²) in [5.41, 5.74) is 0. The first-order valence-electron chi connectivity index (χ1n) is 7.19. The fourth-order valence-electron chi connectivity index (χ4n) is 2.72. The van der Waals surface area contributed by atoms with Crippen LogP contribution < -0.4 is 5.32 Å². The number of hydrogen-bond donors (Lipinski definition) is 1. The van der Waals surface area contributed by atoms with E-state index in [0.29, 0.717) is 12.5 Å². The molecule has 1 saturated heterocycles. The van der Waals surface area contributed by atoms with Crippen molar-refractivity contribution in [1.29, 1.82) is 0 Å². The lowest BCUT2D eigenvalue weighted by Crippen LogP contribution is -2.41. The van der Waals surface area contributed by atoms with Crippen molar-refractivity contribution in [2.45, 2.75) is 26.2 Å². The molecule has 1 saturated carbocycles. The van der Waals surface area contributed by atoms with E-state index in [2.05, 4.69) is 22.1 Å². The zero-order chi connectivity index (χ0) is 13.8. The Balaban J connectivity index is 1.83. The van der Waals surface area contributed by atoms with Crippen LogP contribution in [0.4, 0.5) is 0 Å². The molecule has 5 nitrogen and oxygen atoms in total. The normalized spacial score (nSPS) is 27.5. The molecule has 2 rings (SSSR count). The molecule has 1 heterocycles. The maximum Gasteiger partial charge on any atom is 0.310 e. The van der Waals surface area contributed by atoms with Crippen molar-refractivity contribution in [1.82, 2.24) is 10.2 Å². The van der Waals surface area contributed by atoms with Gasteiger partial charge in [-0.2, -0.15) is 0 Å². The van der Waals surface area contributed by atoms with Gasteiger partial charge in [0.2, 0.25) is 0 Å². The zero-order valence-corrected chi connectivity index (χ0v) is 12.2. The summed E-state index contributed by atoms with van der Waals surface area (Å²) in [6.45, 7) is 4.64. The summed E-state index contributed by atoms with van der Waals surface area (Å²) in [6, 6.07) is 0. The zero-order valence-electron chi connectivity index (χ0n) is 12.2. The molecule has 0 amide bonds. The number of carbonyl (C=O) groups excluding carboxylic acids is 1. The summed E-state index contributed by atoms with van der Waals surface area (Å²) in [5.74, 6) is 2.01. The van der Waals surface area contributed by atoms with Crippen LogP contribution in [0.2, 0.25) is 0 Å². The van der Waals surface area contributed by atoms with Crippen molar-refractivity contribution in [3.8, 4) is 0 Å². The Kier molecular flexibility index (Phi) is 4.66. The Morgan fingerprint density at radius 1 is 1.42 bits per heavy atom. The third-order valence-corrected chi connectivity index (χ3v) is 4.16. The smallest absolute Gasteiger partial charge is 0.310 e. The third kappa shape index (κ3) is 3.61. The van der Waals surface area contributed by atoms with E-state index in [-0.39, 0.29) is 11.9 Å². The maximum absolute atomic E-state index is 11.7. The molecular formula is C14H25N3O2. The average molecular weight is 267 g/mol. The van der Waals surface area contributed by atoms with Crippen LogP contribution in [0.1, 0.15) is 26.2 Å². The van der Waals surface area contributed by atoms with E-state index in [9.17, 15) is 4.79 Å². The van der Waals surface area contributed by atoms with Gasteiger partial charge in [0, 0.05) is 26.7 Å². The number of rotatable bonds is 4. The second-order valence-corrected chi connectivity index (χ2v) is 5.72. The van der Waals surface area contributed by atoms with Crippen LogP contribution in [-0.4, -0.2) is 50.6 Å². The number of nitrogens with one attached hydrogen (secondary N) is 1. The average Bonchev–Trinajstić information content (AvgIpc) is 3.15. The number of ether oxygens (including phenoxy) is 1. The summed E-state index contributed by atoms with van der Waals surface area (Å²) < 4.78 is 4.86. The Hall–Kier alpha value is -1.26. The third-order valence-electron chi connectivity index (χ3n) is 4.16. The van der Waals surface area contributed by atoms with Crippen LogP contribution in [0, 0.1) is 17.8 Å². The van der Waals surface area contributed by atoms with Gasteiger partial charge in [0.05, 0.1) is 13.0 Å². The Bertz CT molecular complexity index is 353. The molecule has 0 aromatic carbocycles. The van der Waals surface area contributed by atoms with Gasteiger partial charge in [0.1, 0.15) is 0 Å². The fourth-order valence-corrected chi connectivity index (χ4v) is 2.72. The Labute approximate surface area is 115 Å². The molecule has 5 heteroatoms. The van der Waals surface area contributed by atoms with Crippen molar-refractivity contribution in [2.24, 2.45) is 22.7 Å². The van der Waals surface area contributed by atoms with Crippen LogP contribution in [0.15, 0.2) is 4.99 Å². The van der Waals surface area contributed by atoms with Gasteiger partial charge in [-0.25, -0.2) is 0 Å². The molecule has 0 aromatic heterocycles. The van der Waals surface area contributed by atoms with E-state index in [4.69, 9.17) is 4.74 Å². The molecule has 2 aliphatic rings. The first-order chi connectivity index (χ1) is 9.15. The molecule has 108 valence electrons. The molecule has 0 radical (unpaired) electrons. The molecule has 2 unspecified atom stereocenters. The fraction of sp³-hybridized carbons (Fsp3) is 0.857. The Morgan fingerprint density at radius 3 is 2.74 bits per heavy atom. The Morgan fingerprint density at radius 2 is 2.16 bits per heavy atom. The number of carbonyl (C=O) groups is 1. The summed E-state index contributed by atoms with van der Waals surface area (Å²) in [5, 5.41) is 3.40. The van der Waals surface area contributed by atoms with Crippen LogP contribution >= 0.6 is 0 Å². The SMILES string of the molecule is CN=C(NCCC1CC1)N1CC(C)C(C(=O)OC)C1. The van der Waals surface area contributed by atoms with E-state index in [1.165, 1.54) is 26.4 Å². The van der Waals surface area contributed by atoms with Crippen LogP contribution in [-0.2, 0) is 9.53 Å². The van der Waals surface area contributed by atoms with Gasteiger partial charge >= 0.3 is 5.97 Å². The number of aliphatic imine (C=N–C) groups is 1. The highest BCUT2D eigenvalue weighted by Gasteiger charge is 2.36. The topological polar surface area (TPSA) is 53.9 Å². The molecule has 1 aliphatic heterocycles. The molecular weight excluding hydrogens is 242 g/mol. The molecule has 0 spiro atoms. The van der Waals surface area contributed by atoms with E-state index < -0.39 is 0 Å². The molecule has 2 atom stereocenters. The number of nitrogens with zero attached hydrogens (tertiary/aromatic N) is 2. The lowest BCUT2D eigenvalue weighted by molar-refractivity contribution is -0.145. The van der Waals surface area contributed by atoms with Crippen molar-refractivity contribution in [3.05, 3.63) is 0 Å². The van der Waals surface area contributed by atoms with E-state index in [1.54, 1.807) is 7.05 Å². The minimum absolute atomic E-state index is 0.0352. The van der Waals surface area contributed by atoms with E-state index in [1.807, 2.05) is 0 Å². The van der Waals surface area contributed by atoms with Gasteiger partial charge in [0.15, 0.2) is 5.96 Å². The standard InChI is InChI=1S/C14H25N3O2/c1-10-8-17(9-12(10)13(18)19-3)14(15-2)16-7-6-11-4-5-11/h10-12H,4-9H2,1-3H3,(H,15,16). The quantitative estimate of drug-likeness (QED) is 0.471. The van der Waals surface area contributed by atoms with Gasteiger partial charge in [-0.15, -0.1) is 0 Å². The number of guanidine groups is 1. The molecule has 2 fully saturated rings. The van der Waals surface area contributed by atoms with Gasteiger partial charge in [-0.3, -0.25) is 9.79 Å². The van der Waals surface area contributed by atoms with Crippen molar-refractivity contribution in [3.63, 3.8) is 0 Å². The minimum atomic E-state index is -0.108. The molecule has 1 N–H and O–H groups in total. The highest BCUT2D eigenvalue weighted by molar-refractivity contribution is 5.82. The second kappa shape index (κ2) is 6.26. The van der Waals surface area contributed by atoms with Crippen LogP contribution in [0.5, 0.6) is 0 Å². The van der Waals surface area contributed by atoms with Gasteiger partial charge in [0.25, 0.3) is 0 Å². The van der Waals surface area contributed by atoms with Crippen molar-refractivity contribution in [2.75, 3.05) is 33.8 Å². The summed E-state index contributed by atoms with van der Waals surface area (Å²) in [7, 11) is 3.26. The predicted molar refractivity (Wildman–Crippen MR) is 74.9 cm³/mol. The predicted octanol–water partition coefficient (Wildman–Crippen LogP) is 1.10. The first kappa shape index (κ1) is 14.2. The molecule has 0 aromatic rings. The van der Waals surface area contributed by atoms with Crippen molar-refractivity contribution < 1.29 is 9.53 Å². The number of methoxy groups -OCH3 is 1. The lowest BCUT2D eigenvalue weighted by Gasteiger charge is -2.21. The number of esters is 1. The van der Waals surface area contributed by atoms with E-state index >= 15 is 0 Å². The highest BCUT2D eigenvalue weighted by Crippen LogP contribution is 2.31. The molecule has 1 aliphatic carbocycles. The van der Waals surface area contributed by atoms with Gasteiger partial charge in [-0.05, 0) is 18.3 Å². The summed E-state index contributed by atoms with van der Waals surface area (Å²) in [6.07, 6.45) is 3.99. The number of likely N-dealkylation sites (tertiary alicyclic amines) is 1. The summed E-state index contributed by atoms with van der Waals surface area (Å²) in [4.78, 5) is 18.2. The largest absolute Gasteiger partial charge is 0.469 e. The van der Waals surface area contributed by atoms with Gasteiger partial charge < -0.3 is 15.0 Å².